The number of likely N-dealkylation sites (tertiary alicyclic amines) is 1. The molecule has 31 heavy (non-hydrogen) atoms. The van der Waals surface area contributed by atoms with Crippen LogP contribution in [0.2, 0.25) is 0 Å². The highest BCUT2D eigenvalue weighted by Gasteiger charge is 2.30. The molecule has 0 saturated carbocycles. The molecule has 3 rings (SSSR count). The van der Waals surface area contributed by atoms with E-state index in [0.29, 0.717) is 38.5 Å². The topological polar surface area (TPSA) is 68.3 Å². The van der Waals surface area contributed by atoms with E-state index in [2.05, 4.69) is 0 Å². The van der Waals surface area contributed by atoms with E-state index in [9.17, 15) is 9.59 Å². The molecule has 0 aliphatic carbocycles. The molecular weight excluding hydrogens is 396 g/mol. The molecule has 0 radical (unpaired) electrons. The minimum absolute atomic E-state index is 0.0404. The zero-order chi connectivity index (χ0) is 22.6. The van der Waals surface area contributed by atoms with Gasteiger partial charge in [0.25, 0.3) is 0 Å². The van der Waals surface area contributed by atoms with Crippen LogP contribution in [0.15, 0.2) is 18.2 Å². The normalized spacial score (nSPS) is 18.6. The summed E-state index contributed by atoms with van der Waals surface area (Å²) in [5.74, 6) is 1.79. The molecule has 7 heteroatoms. The number of ether oxygens (including phenoxy) is 3. The number of piperidine rings is 1. The van der Waals surface area contributed by atoms with E-state index < -0.39 is 5.60 Å². The lowest BCUT2D eigenvalue weighted by Gasteiger charge is -2.37. The third kappa shape index (κ3) is 6.52. The summed E-state index contributed by atoms with van der Waals surface area (Å²) in [7, 11) is 0. The quantitative estimate of drug-likeness (QED) is 0.706. The Morgan fingerprint density at radius 1 is 1.19 bits per heavy atom. The molecule has 1 aromatic carbocycles. The van der Waals surface area contributed by atoms with Gasteiger partial charge in [-0.15, -0.1) is 0 Å². The number of rotatable bonds is 5. The third-order valence-corrected chi connectivity index (χ3v) is 5.54. The van der Waals surface area contributed by atoms with Gasteiger partial charge in [0.1, 0.15) is 18.8 Å². The largest absolute Gasteiger partial charge is 0.486 e. The van der Waals surface area contributed by atoms with Crippen molar-refractivity contribution in [1.82, 2.24) is 9.80 Å². The first-order chi connectivity index (χ1) is 14.6. The standard InChI is InChI=1S/C24H36N2O5/c1-17(2)26(23(28)31-24(3,4)5)16-19-7-6-10-25(15-19)22(27)14-18-8-9-20-21(13-18)30-12-11-29-20/h8-9,13,17,19H,6-7,10-12,14-16H2,1-5H3. The summed E-state index contributed by atoms with van der Waals surface area (Å²) < 4.78 is 16.8. The van der Waals surface area contributed by atoms with E-state index in [1.165, 1.54) is 0 Å². The number of hydrogen-bond donors (Lipinski definition) is 0. The van der Waals surface area contributed by atoms with E-state index in [4.69, 9.17) is 14.2 Å². The second-order valence-electron chi connectivity index (χ2n) is 9.73. The molecule has 1 fully saturated rings. The number of benzene rings is 1. The summed E-state index contributed by atoms with van der Waals surface area (Å²) in [4.78, 5) is 29.3. The monoisotopic (exact) mass is 432 g/mol. The van der Waals surface area contributed by atoms with Gasteiger partial charge in [0.2, 0.25) is 5.91 Å². The van der Waals surface area contributed by atoms with Crippen molar-refractivity contribution in [2.45, 2.75) is 65.5 Å². The minimum Gasteiger partial charge on any atom is -0.486 e. The molecule has 2 aliphatic heterocycles. The molecule has 2 amide bonds. The van der Waals surface area contributed by atoms with Crippen molar-refractivity contribution in [2.24, 2.45) is 5.92 Å². The third-order valence-electron chi connectivity index (χ3n) is 5.54. The maximum absolute atomic E-state index is 13.0. The van der Waals surface area contributed by atoms with Crippen LogP contribution in [0.5, 0.6) is 11.5 Å². The summed E-state index contributed by atoms with van der Waals surface area (Å²) >= 11 is 0. The van der Waals surface area contributed by atoms with Crippen molar-refractivity contribution in [3.8, 4) is 11.5 Å². The molecule has 1 aromatic rings. The van der Waals surface area contributed by atoms with Crippen LogP contribution >= 0.6 is 0 Å². The highest BCUT2D eigenvalue weighted by molar-refractivity contribution is 5.79. The molecule has 1 atom stereocenters. The van der Waals surface area contributed by atoms with Crippen LogP contribution in [0.4, 0.5) is 4.79 Å². The Morgan fingerprint density at radius 3 is 2.58 bits per heavy atom. The Bertz CT molecular complexity index is 787. The number of nitrogens with zero attached hydrogens (tertiary/aromatic N) is 2. The lowest BCUT2D eigenvalue weighted by atomic mass is 9.96. The van der Waals surface area contributed by atoms with E-state index in [1.807, 2.05) is 57.7 Å². The summed E-state index contributed by atoms with van der Waals surface area (Å²) in [6.45, 7) is 12.7. The predicted molar refractivity (Wildman–Crippen MR) is 119 cm³/mol. The van der Waals surface area contributed by atoms with Gasteiger partial charge >= 0.3 is 6.09 Å². The van der Waals surface area contributed by atoms with E-state index in [1.54, 1.807) is 4.90 Å². The first kappa shape index (κ1) is 23.2. The average molecular weight is 433 g/mol. The molecule has 0 N–H and O–H groups in total. The number of amides is 2. The fourth-order valence-electron chi connectivity index (χ4n) is 4.02. The van der Waals surface area contributed by atoms with E-state index >= 15 is 0 Å². The Kier molecular flexibility index (Phi) is 7.34. The lowest BCUT2D eigenvalue weighted by Crippen LogP contribution is -2.48. The number of carbonyl (C=O) groups excluding carboxylic acids is 2. The zero-order valence-electron chi connectivity index (χ0n) is 19.5. The molecular formula is C24H36N2O5. The molecule has 0 spiro atoms. The summed E-state index contributed by atoms with van der Waals surface area (Å²) in [5, 5.41) is 0. The fourth-order valence-corrected chi connectivity index (χ4v) is 4.02. The van der Waals surface area contributed by atoms with Crippen molar-refractivity contribution >= 4 is 12.0 Å². The van der Waals surface area contributed by atoms with Gasteiger partial charge in [0, 0.05) is 25.7 Å². The van der Waals surface area contributed by atoms with Crippen LogP contribution in [0.25, 0.3) is 0 Å². The Balaban J connectivity index is 1.59. The van der Waals surface area contributed by atoms with E-state index in [0.717, 1.165) is 30.7 Å². The SMILES string of the molecule is CC(C)N(CC1CCCN(C(=O)Cc2ccc3c(c2)OCCO3)C1)C(=O)OC(C)(C)C. The number of hydrogen-bond acceptors (Lipinski definition) is 5. The predicted octanol–water partition coefficient (Wildman–Crippen LogP) is 3.88. The van der Waals surface area contributed by atoms with Gasteiger partial charge in [0.05, 0.1) is 6.42 Å². The minimum atomic E-state index is -0.525. The molecule has 7 nitrogen and oxygen atoms in total. The number of carbonyl (C=O) groups is 2. The Labute approximate surface area is 185 Å². The summed E-state index contributed by atoms with van der Waals surface area (Å²) in [6.07, 6.45) is 1.99. The van der Waals surface area contributed by atoms with Gasteiger partial charge in [-0.05, 0) is 71.1 Å². The van der Waals surface area contributed by atoms with Crippen LogP contribution < -0.4 is 9.47 Å². The molecule has 0 bridgehead atoms. The van der Waals surface area contributed by atoms with Gasteiger partial charge in [-0.3, -0.25) is 4.79 Å². The molecule has 1 unspecified atom stereocenters. The van der Waals surface area contributed by atoms with Gasteiger partial charge < -0.3 is 24.0 Å². The first-order valence-electron chi connectivity index (χ1n) is 11.3. The van der Waals surface area contributed by atoms with Crippen LogP contribution in [-0.4, -0.2) is 66.3 Å². The highest BCUT2D eigenvalue weighted by atomic mass is 16.6. The van der Waals surface area contributed by atoms with E-state index in [-0.39, 0.29) is 24.0 Å². The lowest BCUT2D eigenvalue weighted by molar-refractivity contribution is -0.132. The van der Waals surface area contributed by atoms with Crippen molar-refractivity contribution in [2.75, 3.05) is 32.8 Å². The second-order valence-corrected chi connectivity index (χ2v) is 9.73. The fraction of sp³-hybridized carbons (Fsp3) is 0.667. The van der Waals surface area contributed by atoms with Gasteiger partial charge in [-0.1, -0.05) is 6.07 Å². The first-order valence-corrected chi connectivity index (χ1v) is 11.3. The van der Waals surface area contributed by atoms with Crippen molar-refractivity contribution in [3.63, 3.8) is 0 Å². The van der Waals surface area contributed by atoms with Crippen molar-refractivity contribution < 1.29 is 23.8 Å². The summed E-state index contributed by atoms with van der Waals surface area (Å²) in [6, 6.07) is 5.74. The molecule has 2 heterocycles. The Hall–Kier alpha value is -2.44. The van der Waals surface area contributed by atoms with Gasteiger partial charge in [-0.25, -0.2) is 4.79 Å². The maximum Gasteiger partial charge on any atom is 0.410 e. The molecule has 0 aromatic heterocycles. The zero-order valence-corrected chi connectivity index (χ0v) is 19.5. The van der Waals surface area contributed by atoms with Crippen LogP contribution in [0.3, 0.4) is 0 Å². The van der Waals surface area contributed by atoms with Crippen LogP contribution in [0, 0.1) is 5.92 Å². The second kappa shape index (κ2) is 9.79. The van der Waals surface area contributed by atoms with Crippen LogP contribution in [0.1, 0.15) is 53.0 Å². The highest BCUT2D eigenvalue weighted by Crippen LogP contribution is 2.31. The maximum atomic E-state index is 13.0. The molecule has 172 valence electrons. The summed E-state index contributed by atoms with van der Waals surface area (Å²) in [5.41, 5.74) is 0.400. The number of fused-ring (bicyclic) bond motifs is 1. The van der Waals surface area contributed by atoms with Gasteiger partial charge in [0.15, 0.2) is 11.5 Å². The van der Waals surface area contributed by atoms with Crippen molar-refractivity contribution in [3.05, 3.63) is 23.8 Å². The van der Waals surface area contributed by atoms with Gasteiger partial charge in [-0.2, -0.15) is 0 Å². The Morgan fingerprint density at radius 2 is 1.90 bits per heavy atom. The molecule has 1 saturated heterocycles. The molecule has 2 aliphatic rings. The van der Waals surface area contributed by atoms with Crippen molar-refractivity contribution in [1.29, 1.82) is 0 Å². The van der Waals surface area contributed by atoms with Crippen LogP contribution in [-0.2, 0) is 16.0 Å². The smallest absolute Gasteiger partial charge is 0.410 e. The average Bonchev–Trinajstić information content (AvgIpc) is 2.70.